The number of H-pyrrole nitrogens is 1. The Kier molecular flexibility index (Phi) is 5.86. The average Bonchev–Trinajstić information content (AvgIpc) is 2.79. The third-order valence-corrected chi connectivity index (χ3v) is 4.89. The Morgan fingerprint density at radius 1 is 1.06 bits per heavy atom. The lowest BCUT2D eigenvalue weighted by atomic mass is 10.1. The Labute approximate surface area is 182 Å². The maximum absolute atomic E-state index is 12.4. The number of nitrogens with zero attached hydrogens (tertiary/aromatic N) is 1. The molecule has 7 nitrogen and oxygen atoms in total. The zero-order chi connectivity index (χ0) is 21.8. The van der Waals surface area contributed by atoms with Gasteiger partial charge in [-0.1, -0.05) is 35.9 Å². The Morgan fingerprint density at radius 2 is 1.84 bits per heavy atom. The first-order valence-corrected chi connectivity index (χ1v) is 9.77. The van der Waals surface area contributed by atoms with Gasteiger partial charge in [-0.2, -0.15) is 0 Å². The van der Waals surface area contributed by atoms with Gasteiger partial charge in [0.25, 0.3) is 11.5 Å². The number of benzene rings is 3. The van der Waals surface area contributed by atoms with Crippen LogP contribution in [0.4, 0.5) is 5.69 Å². The van der Waals surface area contributed by atoms with Crippen LogP contribution in [0.1, 0.15) is 0 Å². The van der Waals surface area contributed by atoms with Crippen LogP contribution in [-0.4, -0.2) is 29.6 Å². The van der Waals surface area contributed by atoms with Crippen LogP contribution in [0.25, 0.3) is 22.3 Å². The molecule has 31 heavy (non-hydrogen) atoms. The fourth-order valence-electron chi connectivity index (χ4n) is 3.05. The summed E-state index contributed by atoms with van der Waals surface area (Å²) in [5, 5.41) is 3.63. The number of aromatic amines is 1. The van der Waals surface area contributed by atoms with E-state index in [4.69, 9.17) is 21.1 Å². The van der Waals surface area contributed by atoms with Crippen LogP contribution in [0.5, 0.6) is 11.5 Å². The zero-order valence-corrected chi connectivity index (χ0v) is 17.3. The van der Waals surface area contributed by atoms with E-state index < -0.39 is 0 Å². The summed E-state index contributed by atoms with van der Waals surface area (Å²) in [6.45, 7) is -0.257. The number of ether oxygens (including phenoxy) is 2. The molecule has 156 valence electrons. The van der Waals surface area contributed by atoms with Crippen molar-refractivity contribution in [1.29, 1.82) is 0 Å². The van der Waals surface area contributed by atoms with Gasteiger partial charge in [-0.05, 0) is 42.5 Å². The number of hydrogen-bond acceptors (Lipinski definition) is 5. The van der Waals surface area contributed by atoms with E-state index in [2.05, 4.69) is 15.3 Å². The summed E-state index contributed by atoms with van der Waals surface area (Å²) in [6.07, 6.45) is 0. The molecule has 4 rings (SSSR count). The van der Waals surface area contributed by atoms with Crippen molar-refractivity contribution >= 4 is 34.1 Å². The first-order valence-electron chi connectivity index (χ1n) is 9.40. The van der Waals surface area contributed by atoms with Crippen molar-refractivity contribution in [1.82, 2.24) is 9.97 Å². The molecular weight excluding hydrogens is 418 g/mol. The minimum absolute atomic E-state index is 0.238. The monoisotopic (exact) mass is 435 g/mol. The smallest absolute Gasteiger partial charge is 0.262 e. The van der Waals surface area contributed by atoms with Gasteiger partial charge < -0.3 is 19.8 Å². The molecule has 4 aromatic rings. The predicted octanol–water partition coefficient (Wildman–Crippen LogP) is 4.27. The standard InChI is InChI=1S/C23H18ClN3O4/c1-30-19-11-10-14(22-26-17-8-4-2-6-15(17)23(29)27-22)12-20(19)31-13-21(28)25-18-9-5-3-7-16(18)24/h2-12H,13H2,1H3,(H,25,28)(H,26,27,29). The Balaban J connectivity index is 1.57. The van der Waals surface area contributed by atoms with E-state index in [1.807, 2.05) is 6.07 Å². The van der Waals surface area contributed by atoms with Crippen LogP contribution in [-0.2, 0) is 4.79 Å². The maximum atomic E-state index is 12.4. The Bertz CT molecular complexity index is 1320. The van der Waals surface area contributed by atoms with Crippen molar-refractivity contribution in [2.75, 3.05) is 19.0 Å². The summed E-state index contributed by atoms with van der Waals surface area (Å²) in [7, 11) is 1.50. The summed E-state index contributed by atoms with van der Waals surface area (Å²) in [5.74, 6) is 0.789. The summed E-state index contributed by atoms with van der Waals surface area (Å²) < 4.78 is 11.0. The van der Waals surface area contributed by atoms with Gasteiger partial charge >= 0.3 is 0 Å². The number of aromatic nitrogens is 2. The number of amides is 1. The van der Waals surface area contributed by atoms with E-state index in [9.17, 15) is 9.59 Å². The van der Waals surface area contributed by atoms with Gasteiger partial charge in [-0.15, -0.1) is 0 Å². The average molecular weight is 436 g/mol. The number of hydrogen-bond donors (Lipinski definition) is 2. The minimum Gasteiger partial charge on any atom is -0.493 e. The van der Waals surface area contributed by atoms with Gasteiger partial charge in [0, 0.05) is 5.56 Å². The minimum atomic E-state index is -0.377. The van der Waals surface area contributed by atoms with Gasteiger partial charge in [-0.25, -0.2) is 4.98 Å². The lowest BCUT2D eigenvalue weighted by molar-refractivity contribution is -0.118. The highest BCUT2D eigenvalue weighted by atomic mass is 35.5. The third kappa shape index (κ3) is 4.51. The summed E-state index contributed by atoms with van der Waals surface area (Å²) >= 11 is 6.06. The van der Waals surface area contributed by atoms with Crippen molar-refractivity contribution in [2.45, 2.75) is 0 Å². The molecule has 0 unspecified atom stereocenters. The zero-order valence-electron chi connectivity index (χ0n) is 16.5. The molecule has 0 spiro atoms. The fraction of sp³-hybridized carbons (Fsp3) is 0.0870. The van der Waals surface area contributed by atoms with Crippen LogP contribution >= 0.6 is 11.6 Å². The summed E-state index contributed by atoms with van der Waals surface area (Å²) in [5.41, 5.74) is 1.46. The van der Waals surface area contributed by atoms with Crippen LogP contribution in [0, 0.1) is 0 Å². The quantitative estimate of drug-likeness (QED) is 0.471. The molecule has 0 aliphatic rings. The van der Waals surface area contributed by atoms with Crippen molar-refractivity contribution in [3.05, 3.63) is 82.1 Å². The number of fused-ring (bicyclic) bond motifs is 1. The number of carbonyl (C=O) groups excluding carboxylic acids is 1. The molecule has 0 saturated heterocycles. The molecule has 2 N–H and O–H groups in total. The van der Waals surface area contributed by atoms with Gasteiger partial charge in [-0.3, -0.25) is 9.59 Å². The van der Waals surface area contributed by atoms with Gasteiger partial charge in [0.05, 0.1) is 28.7 Å². The summed E-state index contributed by atoms with van der Waals surface area (Å²) in [4.78, 5) is 32.0. The van der Waals surface area contributed by atoms with E-state index in [-0.39, 0.29) is 18.1 Å². The lowest BCUT2D eigenvalue weighted by Crippen LogP contribution is -2.20. The molecule has 8 heteroatoms. The third-order valence-electron chi connectivity index (χ3n) is 4.56. The molecule has 3 aromatic carbocycles. The van der Waals surface area contributed by atoms with E-state index in [0.29, 0.717) is 44.5 Å². The Hall–Kier alpha value is -3.84. The largest absolute Gasteiger partial charge is 0.493 e. The second kappa shape index (κ2) is 8.89. The topological polar surface area (TPSA) is 93.3 Å². The molecule has 0 fully saturated rings. The second-order valence-electron chi connectivity index (χ2n) is 6.61. The first-order chi connectivity index (χ1) is 15.0. The van der Waals surface area contributed by atoms with Crippen LogP contribution in [0.15, 0.2) is 71.5 Å². The number of anilines is 1. The van der Waals surface area contributed by atoms with Gasteiger partial charge in [0.15, 0.2) is 18.1 Å². The molecule has 0 bridgehead atoms. The van der Waals surface area contributed by atoms with Gasteiger partial charge in [0.2, 0.25) is 0 Å². The van der Waals surface area contributed by atoms with Crippen LogP contribution in [0.2, 0.25) is 5.02 Å². The number of carbonyl (C=O) groups is 1. The van der Waals surface area contributed by atoms with Crippen molar-refractivity contribution in [3.63, 3.8) is 0 Å². The molecular formula is C23H18ClN3O4. The number of methoxy groups -OCH3 is 1. The molecule has 0 atom stereocenters. The predicted molar refractivity (Wildman–Crippen MR) is 120 cm³/mol. The molecule has 1 heterocycles. The molecule has 0 saturated carbocycles. The highest BCUT2D eigenvalue weighted by molar-refractivity contribution is 6.33. The molecule has 1 amide bonds. The Morgan fingerprint density at radius 3 is 2.65 bits per heavy atom. The van der Waals surface area contributed by atoms with Crippen molar-refractivity contribution < 1.29 is 14.3 Å². The van der Waals surface area contributed by atoms with Crippen molar-refractivity contribution in [2.24, 2.45) is 0 Å². The van der Waals surface area contributed by atoms with E-state index in [1.165, 1.54) is 7.11 Å². The van der Waals surface area contributed by atoms with E-state index >= 15 is 0 Å². The SMILES string of the molecule is COc1ccc(-c2nc3ccccc3c(=O)[nH]2)cc1OCC(=O)Nc1ccccc1Cl. The van der Waals surface area contributed by atoms with Crippen molar-refractivity contribution in [3.8, 4) is 22.9 Å². The molecule has 0 aliphatic carbocycles. The lowest BCUT2D eigenvalue weighted by Gasteiger charge is -2.13. The second-order valence-corrected chi connectivity index (χ2v) is 7.02. The summed E-state index contributed by atoms with van der Waals surface area (Å²) in [6, 6.07) is 19.1. The van der Waals surface area contributed by atoms with E-state index in [1.54, 1.807) is 60.7 Å². The molecule has 0 radical (unpaired) electrons. The van der Waals surface area contributed by atoms with Crippen LogP contribution < -0.4 is 20.3 Å². The van der Waals surface area contributed by atoms with Crippen LogP contribution in [0.3, 0.4) is 0 Å². The van der Waals surface area contributed by atoms with E-state index in [0.717, 1.165) is 0 Å². The number of nitrogens with one attached hydrogen (secondary N) is 2. The molecule has 1 aromatic heterocycles. The highest BCUT2D eigenvalue weighted by Gasteiger charge is 2.13. The number of para-hydroxylation sites is 2. The number of rotatable bonds is 6. The maximum Gasteiger partial charge on any atom is 0.262 e. The molecule has 0 aliphatic heterocycles. The first kappa shape index (κ1) is 20.4. The highest BCUT2D eigenvalue weighted by Crippen LogP contribution is 2.31. The van der Waals surface area contributed by atoms with Gasteiger partial charge in [0.1, 0.15) is 5.82 Å². The number of halogens is 1. The fourth-order valence-corrected chi connectivity index (χ4v) is 3.24. The normalized spacial score (nSPS) is 10.6.